The maximum Gasteiger partial charge on any atom is 0.312 e. The monoisotopic (exact) mass is 964 g/mol. The van der Waals surface area contributed by atoms with Crippen LogP contribution in [-0.4, -0.2) is 105 Å². The minimum absolute atomic E-state index is 0.0667. The van der Waals surface area contributed by atoms with Crippen LogP contribution in [-0.2, 0) is 23.8 Å². The third kappa shape index (κ3) is 13.8. The van der Waals surface area contributed by atoms with Gasteiger partial charge in [-0.25, -0.2) is 0 Å². The predicted octanol–water partition coefficient (Wildman–Crippen LogP) is 10.1. The highest BCUT2D eigenvalue weighted by Gasteiger charge is 2.50. The number of fused-ring (bicyclic) bond motifs is 14. The van der Waals surface area contributed by atoms with Crippen molar-refractivity contribution in [2.75, 3.05) is 25.5 Å². The Morgan fingerprint density at radius 3 is 2.00 bits per heavy atom. The van der Waals surface area contributed by atoms with Crippen molar-refractivity contribution in [1.82, 2.24) is 5.01 Å². The number of anilines is 1. The molecule has 69 heavy (non-hydrogen) atoms. The summed E-state index contributed by atoms with van der Waals surface area (Å²) in [5.41, 5.74) is -0.259. The fourth-order valence-electron chi connectivity index (χ4n) is 9.39. The Bertz CT molecular complexity index is 2190. The number of hydrazone groups is 1. The lowest BCUT2D eigenvalue weighted by Crippen LogP contribution is -2.46. The molecule has 0 spiro atoms. The van der Waals surface area contributed by atoms with Crippen LogP contribution in [0.15, 0.2) is 41.2 Å². The van der Waals surface area contributed by atoms with E-state index in [2.05, 4.69) is 19.2 Å². The number of aromatic hydroxyl groups is 3. The minimum atomic E-state index is -2.05. The molecule has 2 aromatic rings. The summed E-state index contributed by atoms with van der Waals surface area (Å²) in [6, 6.07) is 0. The van der Waals surface area contributed by atoms with Crippen LogP contribution in [0.5, 0.6) is 23.0 Å². The zero-order valence-corrected chi connectivity index (χ0v) is 43.0. The second kappa shape index (κ2) is 26.2. The number of esters is 1. The summed E-state index contributed by atoms with van der Waals surface area (Å²) in [4.78, 5) is 41.2. The van der Waals surface area contributed by atoms with Gasteiger partial charge in [-0.2, -0.15) is 5.10 Å². The Kier molecular flexibility index (Phi) is 21.4. The summed E-state index contributed by atoms with van der Waals surface area (Å²) in [7, 11) is 1.45. The van der Waals surface area contributed by atoms with Gasteiger partial charge in [0.2, 0.25) is 0 Å². The van der Waals surface area contributed by atoms with Crippen LogP contribution >= 0.6 is 0 Å². The second-order valence-electron chi connectivity index (χ2n) is 19.4. The number of hydrogen-bond acceptors (Lipinski definition) is 14. The first kappa shape index (κ1) is 56.5. The van der Waals surface area contributed by atoms with Gasteiger partial charge in [0, 0.05) is 74.2 Å². The van der Waals surface area contributed by atoms with Crippen molar-refractivity contribution in [3.05, 3.63) is 52.8 Å². The second-order valence-corrected chi connectivity index (χ2v) is 19.4. The highest BCUT2D eigenvalue weighted by molar-refractivity contribution is 6.23. The molecule has 3 heterocycles. The van der Waals surface area contributed by atoms with E-state index in [0.717, 1.165) is 64.2 Å². The number of unbranched alkanes of at least 4 members (excludes halogenated alkanes) is 10. The summed E-state index contributed by atoms with van der Waals surface area (Å²) < 4.78 is 23.9. The number of carbonyl (C=O) groups excluding carboxylic acids is 3. The van der Waals surface area contributed by atoms with Crippen molar-refractivity contribution in [3.63, 3.8) is 0 Å². The number of Topliss-reactive ketones (excluding diaryl/α,β-unsaturated/α-hetero) is 1. The summed E-state index contributed by atoms with van der Waals surface area (Å²) >= 11 is 0. The Morgan fingerprint density at radius 2 is 1.42 bits per heavy atom. The highest BCUT2D eigenvalue weighted by Crippen LogP contribution is 2.55. The third-order valence-electron chi connectivity index (χ3n) is 13.9. The number of phenols is 3. The number of phenolic OH excluding ortho intramolecular Hbond substituents is 3. The molecule has 0 radical (unpaired) electrons. The lowest BCUT2D eigenvalue weighted by atomic mass is 9.78. The first-order chi connectivity index (χ1) is 32.8. The molecule has 384 valence electrons. The SMILES string of the molecule is CCCCCCCCN(CCCCCCCC)/N=C/c1c2c(O)c3c(O)c(C)c4c(c3c1O)C(=O)C(C)(OC=CC(OC)C(C)C(OC(C)=O)C(C)C(O)C(C)C(O)C(C)C=CC=C(C)C(=O)N2)O4. The van der Waals surface area contributed by atoms with E-state index in [1.807, 2.05) is 5.01 Å². The van der Waals surface area contributed by atoms with E-state index in [0.29, 0.717) is 13.1 Å². The van der Waals surface area contributed by atoms with Gasteiger partial charge in [0.1, 0.15) is 23.4 Å². The predicted molar refractivity (Wildman–Crippen MR) is 270 cm³/mol. The number of carbonyl (C=O) groups is 3. The van der Waals surface area contributed by atoms with Gasteiger partial charge in [-0.05, 0) is 32.8 Å². The van der Waals surface area contributed by atoms with Crippen LogP contribution in [0.2, 0.25) is 0 Å². The molecule has 15 heteroatoms. The fourth-order valence-corrected chi connectivity index (χ4v) is 9.39. The van der Waals surface area contributed by atoms with Crippen LogP contribution in [0, 0.1) is 30.6 Å². The number of benzene rings is 2. The average molecular weight is 964 g/mol. The summed E-state index contributed by atoms with van der Waals surface area (Å²) in [6.07, 6.45) is 18.0. The van der Waals surface area contributed by atoms with Crippen LogP contribution in [0.25, 0.3) is 10.8 Å². The summed E-state index contributed by atoms with van der Waals surface area (Å²) in [6.45, 7) is 18.3. The molecule has 9 atom stereocenters. The smallest absolute Gasteiger partial charge is 0.312 e. The number of aliphatic hydroxyl groups is 2. The normalized spacial score (nSPS) is 25.8. The number of ether oxygens (including phenoxy) is 4. The number of aliphatic hydroxyl groups excluding tert-OH is 2. The lowest BCUT2D eigenvalue weighted by Gasteiger charge is -2.38. The van der Waals surface area contributed by atoms with Crippen LogP contribution in [0.1, 0.15) is 161 Å². The number of nitrogens with one attached hydrogen (secondary N) is 1. The molecule has 0 saturated carbocycles. The van der Waals surface area contributed by atoms with E-state index in [4.69, 9.17) is 24.0 Å². The molecular weight excluding hydrogens is 883 g/mol. The summed E-state index contributed by atoms with van der Waals surface area (Å²) in [5.74, 6) is -8.26. The van der Waals surface area contributed by atoms with Gasteiger partial charge in [0.05, 0.1) is 53.0 Å². The van der Waals surface area contributed by atoms with E-state index in [-0.39, 0.29) is 44.5 Å². The molecule has 0 aromatic heterocycles. The first-order valence-electron chi connectivity index (χ1n) is 25.1. The van der Waals surface area contributed by atoms with E-state index < -0.39 is 88.8 Å². The molecule has 0 fully saturated rings. The van der Waals surface area contributed by atoms with E-state index in [1.165, 1.54) is 65.4 Å². The number of allylic oxidation sites excluding steroid dienone is 2. The van der Waals surface area contributed by atoms with Crippen molar-refractivity contribution >= 4 is 40.3 Å². The maximum atomic E-state index is 14.7. The van der Waals surface area contributed by atoms with Crippen molar-refractivity contribution in [1.29, 1.82) is 0 Å². The molecule has 5 rings (SSSR count). The lowest BCUT2D eigenvalue weighted by molar-refractivity contribution is -0.160. The van der Waals surface area contributed by atoms with Crippen molar-refractivity contribution in [2.24, 2.45) is 28.8 Å². The highest BCUT2D eigenvalue weighted by atomic mass is 16.7. The van der Waals surface area contributed by atoms with E-state index >= 15 is 0 Å². The number of amides is 1. The largest absolute Gasteiger partial charge is 0.507 e. The fraction of sp³-hybridized carbons (Fsp3) is 0.630. The van der Waals surface area contributed by atoms with E-state index in [1.54, 1.807) is 46.8 Å². The molecule has 5 bridgehead atoms. The molecule has 3 aliphatic rings. The number of ketones is 1. The van der Waals surface area contributed by atoms with Gasteiger partial charge < -0.3 is 49.8 Å². The molecule has 3 aliphatic heterocycles. The Hall–Kier alpha value is -5.12. The zero-order valence-electron chi connectivity index (χ0n) is 43.0. The number of rotatable bonds is 18. The number of methoxy groups -OCH3 is 1. The van der Waals surface area contributed by atoms with Gasteiger partial charge in [0.15, 0.2) is 5.75 Å². The van der Waals surface area contributed by atoms with Crippen molar-refractivity contribution < 1.29 is 58.9 Å². The molecular formula is C54H81N3O12. The van der Waals surface area contributed by atoms with Gasteiger partial charge >= 0.3 is 11.8 Å². The van der Waals surface area contributed by atoms with Crippen molar-refractivity contribution in [3.8, 4) is 23.0 Å². The number of nitrogens with zero attached hydrogens (tertiary/aromatic N) is 2. The maximum absolute atomic E-state index is 14.7. The van der Waals surface area contributed by atoms with Gasteiger partial charge in [-0.3, -0.25) is 19.4 Å². The minimum Gasteiger partial charge on any atom is -0.507 e. The van der Waals surface area contributed by atoms with E-state index in [9.17, 15) is 39.9 Å². The third-order valence-corrected chi connectivity index (χ3v) is 13.9. The first-order valence-corrected chi connectivity index (χ1v) is 25.1. The molecule has 0 aliphatic carbocycles. The van der Waals surface area contributed by atoms with Crippen molar-refractivity contribution in [2.45, 2.75) is 176 Å². The molecule has 9 unspecified atom stereocenters. The quantitative estimate of drug-likeness (QED) is 0.0205. The molecule has 6 N–H and O–H groups in total. The Morgan fingerprint density at radius 1 is 0.826 bits per heavy atom. The van der Waals surface area contributed by atoms with Crippen LogP contribution < -0.4 is 10.1 Å². The Balaban J connectivity index is 1.93. The number of hydrogen-bond donors (Lipinski definition) is 6. The standard InChI is InChI=1S/C54H81N3O12/c1-12-14-16-18-20-22-28-57(29-23-21-19-17-15-13-2)55-31-39-44-49(63)42-41(48(39)62)43-51(37(8)47(42)61)69-54(10,52(43)64)67-30-27-40(66-11)34(5)50(68-38(9)58)36(7)46(60)35(6)45(59)32(3)25-24-26-33(4)53(65)56-44/h24-27,30-32,34-36,40,45-46,50,59-63H,12-23,28-29H2,1-11H3,(H,56,65)/b25-24?,30-27?,33-26?,55-31+. The average Bonchev–Trinajstić information content (AvgIpc) is 3.58. The molecule has 2 aromatic carbocycles. The Labute approximate surface area is 409 Å². The van der Waals surface area contributed by atoms with Crippen LogP contribution in [0.3, 0.4) is 0 Å². The summed E-state index contributed by atoms with van der Waals surface area (Å²) in [5, 5.41) is 68.5. The zero-order chi connectivity index (χ0) is 51.2. The topological polar surface area (TPSA) is 217 Å². The molecule has 15 nitrogen and oxygen atoms in total. The molecule has 1 amide bonds. The van der Waals surface area contributed by atoms with Crippen LogP contribution in [0.4, 0.5) is 5.69 Å². The van der Waals surface area contributed by atoms with Gasteiger partial charge in [-0.1, -0.05) is 124 Å². The van der Waals surface area contributed by atoms with Gasteiger partial charge in [-0.15, -0.1) is 0 Å². The van der Waals surface area contributed by atoms with Gasteiger partial charge in [0.25, 0.3) is 11.7 Å². The molecule has 0 saturated heterocycles.